The number of benzene rings is 2. The van der Waals surface area contributed by atoms with E-state index in [9.17, 15) is 18.0 Å². The predicted molar refractivity (Wildman–Crippen MR) is 109 cm³/mol. The molecule has 28 heavy (non-hydrogen) atoms. The fourth-order valence-electron chi connectivity index (χ4n) is 2.57. The number of esters is 1. The summed E-state index contributed by atoms with van der Waals surface area (Å²) >= 11 is 5.96. The maximum Gasteiger partial charge on any atom is 0.338 e. The number of hydrogen-bond donors (Lipinski definition) is 1. The maximum absolute atomic E-state index is 12.6. The molecule has 9 heteroatoms. The molecule has 1 atom stereocenters. The number of nitrogens with one attached hydrogen (secondary N) is 1. The highest BCUT2D eigenvalue weighted by Gasteiger charge is 2.29. The lowest BCUT2D eigenvalue weighted by Gasteiger charge is -2.28. The lowest BCUT2D eigenvalue weighted by Crippen LogP contribution is -2.45. The van der Waals surface area contributed by atoms with Crippen LogP contribution in [0.4, 0.5) is 11.4 Å². The average molecular weight is 425 g/mol. The van der Waals surface area contributed by atoms with Gasteiger partial charge >= 0.3 is 5.97 Å². The Labute approximate surface area is 169 Å². The van der Waals surface area contributed by atoms with Gasteiger partial charge in [-0.2, -0.15) is 0 Å². The summed E-state index contributed by atoms with van der Waals surface area (Å²) in [5.74, 6) is -0.993. The zero-order valence-electron chi connectivity index (χ0n) is 15.7. The van der Waals surface area contributed by atoms with Crippen molar-refractivity contribution in [1.82, 2.24) is 0 Å². The van der Waals surface area contributed by atoms with Crippen LogP contribution in [0.5, 0.6) is 0 Å². The first-order chi connectivity index (χ1) is 13.1. The molecule has 0 aromatic heterocycles. The number of rotatable bonds is 7. The molecule has 1 N–H and O–H groups in total. The molecule has 7 nitrogen and oxygen atoms in total. The first-order valence-electron chi connectivity index (χ1n) is 8.46. The minimum atomic E-state index is -3.74. The molecule has 0 radical (unpaired) electrons. The van der Waals surface area contributed by atoms with Crippen LogP contribution in [0.2, 0.25) is 5.02 Å². The molecular weight excluding hydrogens is 404 g/mol. The van der Waals surface area contributed by atoms with E-state index in [1.54, 1.807) is 37.3 Å². The quantitative estimate of drug-likeness (QED) is 0.688. The molecule has 150 valence electrons. The Balaban J connectivity index is 2.20. The van der Waals surface area contributed by atoms with Gasteiger partial charge in [-0.1, -0.05) is 17.7 Å². The molecule has 0 unspecified atom stereocenters. The lowest BCUT2D eigenvalue weighted by atomic mass is 10.2. The summed E-state index contributed by atoms with van der Waals surface area (Å²) < 4.78 is 30.5. The number of anilines is 2. The van der Waals surface area contributed by atoms with Gasteiger partial charge in [0.25, 0.3) is 0 Å². The SMILES string of the molecule is CCOC(=O)c1ccc(NC(=O)[C@H](C)N(c2cccc(Cl)c2)S(C)(=O)=O)cc1. The summed E-state index contributed by atoms with van der Waals surface area (Å²) in [5.41, 5.74) is 1.06. The second kappa shape index (κ2) is 9.07. The highest BCUT2D eigenvalue weighted by molar-refractivity contribution is 7.92. The van der Waals surface area contributed by atoms with Gasteiger partial charge in [0.2, 0.25) is 15.9 Å². The minimum absolute atomic E-state index is 0.264. The van der Waals surface area contributed by atoms with Crippen molar-refractivity contribution in [1.29, 1.82) is 0 Å². The molecule has 0 saturated carbocycles. The molecule has 2 rings (SSSR count). The number of carbonyl (C=O) groups excluding carboxylic acids is 2. The minimum Gasteiger partial charge on any atom is -0.462 e. The van der Waals surface area contributed by atoms with Crippen LogP contribution in [-0.4, -0.2) is 39.2 Å². The Morgan fingerprint density at radius 2 is 1.82 bits per heavy atom. The largest absolute Gasteiger partial charge is 0.462 e. The van der Waals surface area contributed by atoms with E-state index < -0.39 is 27.9 Å². The molecular formula is C19H21ClN2O5S. The van der Waals surface area contributed by atoms with Crippen molar-refractivity contribution < 1.29 is 22.7 Å². The topological polar surface area (TPSA) is 92.8 Å². The van der Waals surface area contributed by atoms with Crippen LogP contribution in [-0.2, 0) is 19.6 Å². The van der Waals surface area contributed by atoms with Crippen molar-refractivity contribution in [3.05, 3.63) is 59.1 Å². The summed E-state index contributed by atoms with van der Waals surface area (Å²) in [5, 5.41) is 3.00. The van der Waals surface area contributed by atoms with Crippen LogP contribution in [0.1, 0.15) is 24.2 Å². The Kier molecular flexibility index (Phi) is 7.04. The zero-order valence-corrected chi connectivity index (χ0v) is 17.3. The summed E-state index contributed by atoms with van der Waals surface area (Å²) in [6.07, 6.45) is 1.02. The third kappa shape index (κ3) is 5.46. The molecule has 0 heterocycles. The first-order valence-corrected chi connectivity index (χ1v) is 10.7. The smallest absolute Gasteiger partial charge is 0.338 e. The van der Waals surface area contributed by atoms with Crippen molar-refractivity contribution in [2.75, 3.05) is 22.5 Å². The van der Waals surface area contributed by atoms with E-state index in [2.05, 4.69) is 5.32 Å². The maximum atomic E-state index is 12.6. The molecule has 0 spiro atoms. The summed E-state index contributed by atoms with van der Waals surface area (Å²) in [7, 11) is -3.74. The second-order valence-corrected chi connectivity index (χ2v) is 8.30. The second-order valence-electron chi connectivity index (χ2n) is 6.00. The summed E-state index contributed by atoms with van der Waals surface area (Å²) in [6, 6.07) is 11.3. The van der Waals surface area contributed by atoms with E-state index in [0.29, 0.717) is 16.3 Å². The number of sulfonamides is 1. The molecule has 0 aliphatic rings. The Hall–Kier alpha value is -2.58. The van der Waals surface area contributed by atoms with Crippen molar-refractivity contribution in [3.63, 3.8) is 0 Å². The standard InChI is InChI=1S/C19H21ClN2O5S/c1-4-27-19(24)14-8-10-16(11-9-14)21-18(23)13(2)22(28(3,25)26)17-7-5-6-15(20)12-17/h5-13H,4H2,1-3H3,(H,21,23)/t13-/m0/s1. The number of ether oxygens (including phenoxy) is 1. The van der Waals surface area contributed by atoms with Gasteiger partial charge < -0.3 is 10.1 Å². The molecule has 0 aliphatic heterocycles. The van der Waals surface area contributed by atoms with Crippen molar-refractivity contribution in [2.45, 2.75) is 19.9 Å². The van der Waals surface area contributed by atoms with Gasteiger partial charge in [-0.3, -0.25) is 9.10 Å². The van der Waals surface area contributed by atoms with Gasteiger partial charge in [0, 0.05) is 10.7 Å². The monoisotopic (exact) mass is 424 g/mol. The van der Waals surface area contributed by atoms with Crippen LogP contribution in [0.25, 0.3) is 0 Å². The third-order valence-corrected chi connectivity index (χ3v) is 5.29. The Morgan fingerprint density at radius 1 is 1.18 bits per heavy atom. The Morgan fingerprint density at radius 3 is 2.36 bits per heavy atom. The highest BCUT2D eigenvalue weighted by atomic mass is 35.5. The highest BCUT2D eigenvalue weighted by Crippen LogP contribution is 2.24. The summed E-state index contributed by atoms with van der Waals surface area (Å²) in [6.45, 7) is 3.45. The zero-order chi connectivity index (χ0) is 20.9. The number of hydrogen-bond acceptors (Lipinski definition) is 5. The number of halogens is 1. The Bertz CT molecular complexity index is 961. The van der Waals surface area contributed by atoms with Crippen LogP contribution in [0.15, 0.2) is 48.5 Å². The van der Waals surface area contributed by atoms with E-state index >= 15 is 0 Å². The molecule has 1 amide bonds. The molecule has 0 fully saturated rings. The number of carbonyl (C=O) groups is 2. The van der Waals surface area contributed by atoms with E-state index in [1.165, 1.54) is 25.1 Å². The van der Waals surface area contributed by atoms with Crippen molar-refractivity contribution in [3.8, 4) is 0 Å². The van der Waals surface area contributed by atoms with Gasteiger partial charge in [-0.15, -0.1) is 0 Å². The predicted octanol–water partition coefficient (Wildman–Crippen LogP) is 3.31. The van der Waals surface area contributed by atoms with E-state index in [0.717, 1.165) is 10.6 Å². The molecule has 2 aromatic carbocycles. The average Bonchev–Trinajstić information content (AvgIpc) is 2.61. The normalized spacial score (nSPS) is 12.1. The summed E-state index contributed by atoms with van der Waals surface area (Å²) in [4.78, 5) is 24.3. The van der Waals surface area contributed by atoms with E-state index in [-0.39, 0.29) is 12.3 Å². The van der Waals surface area contributed by atoms with Gasteiger partial charge in [0.05, 0.1) is 24.1 Å². The van der Waals surface area contributed by atoms with Gasteiger partial charge in [-0.05, 0) is 56.3 Å². The fourth-order valence-corrected chi connectivity index (χ4v) is 3.92. The number of amides is 1. The number of nitrogens with zero attached hydrogens (tertiary/aromatic N) is 1. The van der Waals surface area contributed by atoms with Crippen LogP contribution < -0.4 is 9.62 Å². The third-order valence-electron chi connectivity index (χ3n) is 3.81. The molecule has 2 aromatic rings. The first kappa shape index (κ1) is 21.7. The van der Waals surface area contributed by atoms with Crippen molar-refractivity contribution in [2.24, 2.45) is 0 Å². The van der Waals surface area contributed by atoms with E-state index in [4.69, 9.17) is 16.3 Å². The fraction of sp³-hybridized carbons (Fsp3) is 0.263. The van der Waals surface area contributed by atoms with Crippen molar-refractivity contribution >= 4 is 44.9 Å². The van der Waals surface area contributed by atoms with E-state index in [1.807, 2.05) is 0 Å². The molecule has 0 bridgehead atoms. The van der Waals surface area contributed by atoms with Gasteiger partial charge in [-0.25, -0.2) is 13.2 Å². The lowest BCUT2D eigenvalue weighted by molar-refractivity contribution is -0.116. The van der Waals surface area contributed by atoms with Crippen LogP contribution >= 0.6 is 11.6 Å². The van der Waals surface area contributed by atoms with Crippen LogP contribution in [0, 0.1) is 0 Å². The molecule has 0 aliphatic carbocycles. The van der Waals surface area contributed by atoms with Gasteiger partial charge in [0.1, 0.15) is 6.04 Å². The van der Waals surface area contributed by atoms with Gasteiger partial charge in [0.15, 0.2) is 0 Å². The van der Waals surface area contributed by atoms with Crippen LogP contribution in [0.3, 0.4) is 0 Å². The molecule has 0 saturated heterocycles.